The Bertz CT molecular complexity index is 1670. The molecule has 0 heterocycles. The van der Waals surface area contributed by atoms with Crippen LogP contribution in [0.5, 0.6) is 23.0 Å². The van der Waals surface area contributed by atoms with Crippen LogP contribution in [0.25, 0.3) is 16.7 Å². The second-order valence-corrected chi connectivity index (χ2v) is 11.3. The summed E-state index contributed by atoms with van der Waals surface area (Å²) in [5.74, 6) is 2.23. The van der Waals surface area contributed by atoms with Gasteiger partial charge >= 0.3 is 0 Å². The van der Waals surface area contributed by atoms with Crippen molar-refractivity contribution >= 4 is 5.57 Å². The average Bonchev–Trinajstić information content (AvgIpc) is 3.57. The fourth-order valence-electron chi connectivity index (χ4n) is 6.07. The van der Waals surface area contributed by atoms with Crippen LogP contribution in [0.15, 0.2) is 97.1 Å². The van der Waals surface area contributed by atoms with Crippen molar-refractivity contribution in [1.82, 2.24) is 0 Å². The first-order valence-electron chi connectivity index (χ1n) is 15.8. The summed E-state index contributed by atoms with van der Waals surface area (Å²) in [5.41, 5.74) is 7.81. The van der Waals surface area contributed by atoms with Gasteiger partial charge in [-0.05, 0) is 78.1 Å². The van der Waals surface area contributed by atoms with Crippen molar-refractivity contribution < 1.29 is 39.4 Å². The maximum Gasteiger partial charge on any atom is 0.186 e. The van der Waals surface area contributed by atoms with E-state index in [1.807, 2.05) is 80.6 Å². The third kappa shape index (κ3) is 8.22. The molecule has 5 rings (SSSR count). The number of rotatable bonds is 16. The molecule has 4 aromatic carbocycles. The number of hydrogen-bond donors (Lipinski definition) is 4. The lowest BCUT2D eigenvalue weighted by atomic mass is 9.78. The molecule has 0 fully saturated rings. The van der Waals surface area contributed by atoms with Gasteiger partial charge in [0.2, 0.25) is 0 Å². The second kappa shape index (κ2) is 16.3. The van der Waals surface area contributed by atoms with E-state index in [0.29, 0.717) is 23.0 Å². The summed E-state index contributed by atoms with van der Waals surface area (Å²) in [6.07, 6.45) is 6.51. The highest BCUT2D eigenvalue weighted by atomic mass is 16.6. The molecule has 2 atom stereocenters. The average molecular weight is 639 g/mol. The minimum absolute atomic E-state index is 0.0469. The van der Waals surface area contributed by atoms with Gasteiger partial charge in [-0.1, -0.05) is 66.3 Å². The summed E-state index contributed by atoms with van der Waals surface area (Å²) in [6, 6.07) is 25.7. The van der Waals surface area contributed by atoms with Crippen molar-refractivity contribution in [3.05, 3.63) is 125 Å². The van der Waals surface area contributed by atoms with E-state index in [1.54, 1.807) is 0 Å². The number of allylic oxidation sites excluding steroid dienone is 4. The zero-order valence-electron chi connectivity index (χ0n) is 26.8. The molecule has 8 heteroatoms. The first-order valence-corrected chi connectivity index (χ1v) is 15.8. The highest BCUT2D eigenvalue weighted by Gasteiger charge is 2.31. The topological polar surface area (TPSA) is 118 Å². The van der Waals surface area contributed by atoms with E-state index in [-0.39, 0.29) is 51.5 Å². The summed E-state index contributed by atoms with van der Waals surface area (Å²) < 4.78 is 23.2. The number of aliphatic hydroxyl groups excluding tert-OH is 4. The molecule has 1 aliphatic carbocycles. The maximum atomic E-state index is 9.91. The van der Waals surface area contributed by atoms with Crippen LogP contribution in [-0.2, 0) is 0 Å². The normalized spacial score (nSPS) is 14.5. The van der Waals surface area contributed by atoms with Gasteiger partial charge in [0, 0.05) is 23.0 Å². The fourth-order valence-corrected chi connectivity index (χ4v) is 6.07. The predicted octanol–water partition coefficient (Wildman–Crippen LogP) is 5.81. The Balaban J connectivity index is 1.63. The van der Waals surface area contributed by atoms with E-state index in [4.69, 9.17) is 29.2 Å². The molecule has 246 valence electrons. The highest BCUT2D eigenvalue weighted by molar-refractivity contribution is 5.78. The van der Waals surface area contributed by atoms with Crippen LogP contribution < -0.4 is 18.9 Å². The van der Waals surface area contributed by atoms with Gasteiger partial charge < -0.3 is 39.4 Å². The molecule has 47 heavy (non-hydrogen) atoms. The van der Waals surface area contributed by atoms with Gasteiger partial charge in [0.1, 0.15) is 42.8 Å². The zero-order chi connectivity index (χ0) is 33.2. The van der Waals surface area contributed by atoms with Crippen LogP contribution >= 0.6 is 0 Å². The monoisotopic (exact) mass is 638 g/mol. The molecule has 4 N–H and O–H groups in total. The van der Waals surface area contributed by atoms with Gasteiger partial charge in [0.15, 0.2) is 6.79 Å². The smallest absolute Gasteiger partial charge is 0.186 e. The van der Waals surface area contributed by atoms with Crippen molar-refractivity contribution in [3.8, 4) is 34.1 Å². The van der Waals surface area contributed by atoms with Crippen molar-refractivity contribution in [3.63, 3.8) is 0 Å². The first kappa shape index (κ1) is 33.8. The van der Waals surface area contributed by atoms with Gasteiger partial charge in [-0.3, -0.25) is 0 Å². The van der Waals surface area contributed by atoms with Crippen LogP contribution in [0.3, 0.4) is 0 Å². The number of hydrogen-bond acceptors (Lipinski definition) is 8. The molecule has 0 saturated carbocycles. The number of aliphatic hydroxyl groups is 4. The molecule has 0 saturated heterocycles. The number of ether oxygens (including phenoxy) is 4. The summed E-state index contributed by atoms with van der Waals surface area (Å²) in [7, 11) is 0. The molecule has 1 aliphatic rings. The van der Waals surface area contributed by atoms with Gasteiger partial charge in [-0.25, -0.2) is 0 Å². The van der Waals surface area contributed by atoms with E-state index in [9.17, 15) is 10.2 Å². The Labute approximate surface area is 275 Å². The van der Waals surface area contributed by atoms with E-state index in [0.717, 1.165) is 44.5 Å². The molecular weight excluding hydrogens is 596 g/mol. The lowest BCUT2D eigenvalue weighted by Crippen LogP contribution is -2.15. The standard InChI is InChI=1S/C39H42O8/c1-26-21-27(2)39(47-25-43)36(22-26)38(32-4-3-30(23-32)28-5-10-33(11-6-28)44-18-15-40)35-24-31(9-14-37(35)46-20-17-42)29-7-12-34(13-8-29)45-19-16-41/h3-14,21-24,32,38,40-43H,15-20,25H2,1-2H3. The van der Waals surface area contributed by atoms with E-state index >= 15 is 0 Å². The summed E-state index contributed by atoms with van der Waals surface area (Å²) >= 11 is 0. The number of benzene rings is 4. The van der Waals surface area contributed by atoms with Crippen molar-refractivity contribution in [2.24, 2.45) is 5.92 Å². The molecule has 4 aromatic rings. The molecule has 0 aromatic heterocycles. The van der Waals surface area contributed by atoms with Gasteiger partial charge in [-0.15, -0.1) is 0 Å². The second-order valence-electron chi connectivity index (χ2n) is 11.3. The van der Waals surface area contributed by atoms with Crippen LogP contribution in [0, 0.1) is 19.8 Å². The maximum absolute atomic E-state index is 9.91. The summed E-state index contributed by atoms with van der Waals surface area (Å²) in [6.45, 7) is 3.92. The van der Waals surface area contributed by atoms with Gasteiger partial charge in [-0.2, -0.15) is 0 Å². The van der Waals surface area contributed by atoms with Gasteiger partial charge in [0.05, 0.1) is 19.8 Å². The lowest BCUT2D eigenvalue weighted by molar-refractivity contribution is 0.0964. The van der Waals surface area contributed by atoms with Crippen LogP contribution in [-0.4, -0.2) is 66.9 Å². The predicted molar refractivity (Wildman–Crippen MR) is 182 cm³/mol. The molecule has 8 nitrogen and oxygen atoms in total. The molecule has 0 spiro atoms. The first-order chi connectivity index (χ1) is 22.9. The van der Waals surface area contributed by atoms with E-state index in [1.165, 1.54) is 0 Å². The Hall–Kier alpha value is -4.60. The Kier molecular flexibility index (Phi) is 11.7. The minimum Gasteiger partial charge on any atom is -0.491 e. The van der Waals surface area contributed by atoms with Crippen LogP contribution in [0.2, 0.25) is 0 Å². The lowest BCUT2D eigenvalue weighted by Gasteiger charge is -2.28. The largest absolute Gasteiger partial charge is 0.491 e. The van der Waals surface area contributed by atoms with Crippen molar-refractivity contribution in [2.75, 3.05) is 46.4 Å². The Morgan fingerprint density at radius 2 is 1.21 bits per heavy atom. The van der Waals surface area contributed by atoms with Crippen LogP contribution in [0.1, 0.15) is 33.7 Å². The highest BCUT2D eigenvalue weighted by Crippen LogP contribution is 2.47. The minimum atomic E-state index is -0.464. The Morgan fingerprint density at radius 1 is 0.617 bits per heavy atom. The van der Waals surface area contributed by atoms with E-state index in [2.05, 4.69) is 30.4 Å². The SMILES string of the molecule is Cc1cc(C)c(OCO)c(C(c2cc(-c3ccc(OCCO)cc3)ccc2OCCO)C2C=CC(c3ccc(OCCO)cc3)=C2)c1. The van der Waals surface area contributed by atoms with Gasteiger partial charge in [0.25, 0.3) is 0 Å². The summed E-state index contributed by atoms with van der Waals surface area (Å²) in [4.78, 5) is 0. The van der Waals surface area contributed by atoms with Crippen LogP contribution in [0.4, 0.5) is 0 Å². The zero-order valence-corrected chi connectivity index (χ0v) is 26.8. The molecule has 0 aliphatic heterocycles. The third-order valence-corrected chi connectivity index (χ3v) is 8.04. The quantitative estimate of drug-likeness (QED) is 0.114. The Morgan fingerprint density at radius 3 is 1.83 bits per heavy atom. The molecule has 0 radical (unpaired) electrons. The van der Waals surface area contributed by atoms with Crippen molar-refractivity contribution in [2.45, 2.75) is 19.8 Å². The summed E-state index contributed by atoms with van der Waals surface area (Å²) in [5, 5.41) is 37.8. The number of aryl methyl sites for hydroxylation is 2. The third-order valence-electron chi connectivity index (χ3n) is 8.04. The molecule has 2 unspecified atom stereocenters. The van der Waals surface area contributed by atoms with E-state index < -0.39 is 6.79 Å². The molecular formula is C39H42O8. The van der Waals surface area contributed by atoms with Crippen molar-refractivity contribution in [1.29, 1.82) is 0 Å². The fraction of sp³-hybridized carbons (Fsp3) is 0.282. The molecule has 0 amide bonds. The molecule has 0 bridgehead atoms.